The second kappa shape index (κ2) is 7.51. The van der Waals surface area contributed by atoms with Crippen molar-refractivity contribution in [2.45, 2.75) is 6.92 Å². The highest BCUT2D eigenvalue weighted by Crippen LogP contribution is 2.31. The summed E-state index contributed by atoms with van der Waals surface area (Å²) in [7, 11) is 0. The van der Waals surface area contributed by atoms with E-state index in [1.807, 2.05) is 36.4 Å². The molecule has 2 aromatic carbocycles. The molecule has 5 heteroatoms. The Morgan fingerprint density at radius 2 is 1.81 bits per heavy atom. The SMILES string of the molecule is Cc1ccccc1-c1nc(-c2ccc(NC(=O)c3cccnc3)cc2)cs1. The Morgan fingerprint density at radius 1 is 1.00 bits per heavy atom. The fourth-order valence-corrected chi connectivity index (χ4v) is 3.69. The van der Waals surface area contributed by atoms with Crippen molar-refractivity contribution < 1.29 is 4.79 Å². The summed E-state index contributed by atoms with van der Waals surface area (Å²) in [5.74, 6) is -0.175. The smallest absolute Gasteiger partial charge is 0.257 e. The normalized spacial score (nSPS) is 10.6. The number of nitrogens with zero attached hydrogens (tertiary/aromatic N) is 2. The van der Waals surface area contributed by atoms with Crippen LogP contribution in [0.5, 0.6) is 0 Å². The first-order valence-corrected chi connectivity index (χ1v) is 9.42. The Morgan fingerprint density at radius 3 is 2.56 bits per heavy atom. The molecule has 0 radical (unpaired) electrons. The van der Waals surface area contributed by atoms with E-state index in [1.54, 1.807) is 35.9 Å². The van der Waals surface area contributed by atoms with Crippen LogP contribution >= 0.6 is 11.3 Å². The monoisotopic (exact) mass is 371 g/mol. The summed E-state index contributed by atoms with van der Waals surface area (Å²) in [5.41, 5.74) is 5.60. The van der Waals surface area contributed by atoms with Gasteiger partial charge in [0.15, 0.2) is 0 Å². The first-order valence-electron chi connectivity index (χ1n) is 8.54. The van der Waals surface area contributed by atoms with E-state index in [-0.39, 0.29) is 5.91 Å². The molecule has 0 aliphatic carbocycles. The van der Waals surface area contributed by atoms with Crippen LogP contribution in [-0.2, 0) is 0 Å². The Bertz CT molecular complexity index is 1070. The Kier molecular flexibility index (Phi) is 4.77. The van der Waals surface area contributed by atoms with Gasteiger partial charge < -0.3 is 5.32 Å². The molecule has 0 aliphatic rings. The molecule has 0 spiro atoms. The molecule has 4 rings (SSSR count). The van der Waals surface area contributed by atoms with E-state index < -0.39 is 0 Å². The summed E-state index contributed by atoms with van der Waals surface area (Å²) < 4.78 is 0. The maximum absolute atomic E-state index is 12.2. The summed E-state index contributed by atoms with van der Waals surface area (Å²) in [6.07, 6.45) is 3.19. The lowest BCUT2D eigenvalue weighted by Crippen LogP contribution is -2.11. The molecule has 27 heavy (non-hydrogen) atoms. The first-order chi connectivity index (χ1) is 13.2. The van der Waals surface area contributed by atoms with Crippen molar-refractivity contribution in [1.29, 1.82) is 0 Å². The third-order valence-corrected chi connectivity index (χ3v) is 5.12. The fourth-order valence-electron chi connectivity index (χ4n) is 2.77. The Balaban J connectivity index is 1.51. The van der Waals surface area contributed by atoms with Gasteiger partial charge in [-0.15, -0.1) is 11.3 Å². The molecule has 0 unspecified atom stereocenters. The van der Waals surface area contributed by atoms with E-state index in [9.17, 15) is 4.79 Å². The van der Waals surface area contributed by atoms with Gasteiger partial charge in [-0.25, -0.2) is 4.98 Å². The van der Waals surface area contributed by atoms with Crippen LogP contribution in [0.2, 0.25) is 0 Å². The Hall–Kier alpha value is -3.31. The predicted octanol–water partition coefficient (Wildman–Crippen LogP) is 5.43. The van der Waals surface area contributed by atoms with Crippen molar-refractivity contribution in [3.8, 4) is 21.8 Å². The molecule has 1 N–H and O–H groups in total. The zero-order valence-corrected chi connectivity index (χ0v) is 15.5. The van der Waals surface area contributed by atoms with Gasteiger partial charge in [-0.05, 0) is 36.8 Å². The van der Waals surface area contributed by atoms with Crippen LogP contribution < -0.4 is 5.32 Å². The molecule has 0 fully saturated rings. The quantitative estimate of drug-likeness (QED) is 0.520. The summed E-state index contributed by atoms with van der Waals surface area (Å²) >= 11 is 1.64. The van der Waals surface area contributed by atoms with Crippen molar-refractivity contribution in [1.82, 2.24) is 9.97 Å². The van der Waals surface area contributed by atoms with Crippen LogP contribution in [0.1, 0.15) is 15.9 Å². The van der Waals surface area contributed by atoms with Crippen molar-refractivity contribution in [2.24, 2.45) is 0 Å². The molecule has 0 saturated heterocycles. The number of benzene rings is 2. The summed E-state index contributed by atoms with van der Waals surface area (Å²) in [6.45, 7) is 2.09. The lowest BCUT2D eigenvalue weighted by atomic mass is 10.1. The van der Waals surface area contributed by atoms with Gasteiger partial charge in [0.2, 0.25) is 0 Å². The molecule has 2 heterocycles. The number of aryl methyl sites for hydroxylation is 1. The predicted molar refractivity (Wildman–Crippen MR) is 110 cm³/mol. The average Bonchev–Trinajstić information content (AvgIpc) is 3.19. The lowest BCUT2D eigenvalue weighted by molar-refractivity contribution is 0.102. The minimum atomic E-state index is -0.175. The van der Waals surface area contributed by atoms with Crippen LogP contribution in [0.25, 0.3) is 21.8 Å². The number of thiazole rings is 1. The highest BCUT2D eigenvalue weighted by Gasteiger charge is 2.09. The van der Waals surface area contributed by atoms with Gasteiger partial charge in [-0.3, -0.25) is 9.78 Å². The molecular formula is C22H17N3OS. The van der Waals surface area contributed by atoms with E-state index >= 15 is 0 Å². The lowest BCUT2D eigenvalue weighted by Gasteiger charge is -2.05. The number of amides is 1. The minimum Gasteiger partial charge on any atom is -0.322 e. The first kappa shape index (κ1) is 17.1. The van der Waals surface area contributed by atoms with Gasteiger partial charge in [0.1, 0.15) is 5.01 Å². The summed E-state index contributed by atoms with van der Waals surface area (Å²) in [4.78, 5) is 20.9. The summed E-state index contributed by atoms with van der Waals surface area (Å²) in [6, 6.07) is 19.4. The zero-order chi connectivity index (χ0) is 18.6. The number of carbonyl (C=O) groups is 1. The van der Waals surface area contributed by atoms with Gasteiger partial charge in [0.25, 0.3) is 5.91 Å². The zero-order valence-electron chi connectivity index (χ0n) is 14.7. The molecule has 4 nitrogen and oxygen atoms in total. The van der Waals surface area contributed by atoms with Gasteiger partial charge >= 0.3 is 0 Å². The molecular weight excluding hydrogens is 354 g/mol. The molecule has 0 saturated carbocycles. The van der Waals surface area contributed by atoms with Crippen LogP contribution in [0, 0.1) is 6.92 Å². The molecule has 0 aliphatic heterocycles. The second-order valence-electron chi connectivity index (χ2n) is 6.13. The van der Waals surface area contributed by atoms with Crippen LogP contribution in [0.4, 0.5) is 5.69 Å². The van der Waals surface area contributed by atoms with Gasteiger partial charge in [0, 0.05) is 34.6 Å². The topological polar surface area (TPSA) is 54.9 Å². The number of nitrogens with one attached hydrogen (secondary N) is 1. The van der Waals surface area contributed by atoms with Gasteiger partial charge in [-0.2, -0.15) is 0 Å². The van der Waals surface area contributed by atoms with Crippen molar-refractivity contribution in [2.75, 3.05) is 5.32 Å². The van der Waals surface area contributed by atoms with Crippen LogP contribution in [-0.4, -0.2) is 15.9 Å². The minimum absolute atomic E-state index is 0.175. The van der Waals surface area contributed by atoms with Crippen molar-refractivity contribution in [3.05, 3.63) is 89.6 Å². The molecule has 132 valence electrons. The molecule has 2 aromatic heterocycles. The van der Waals surface area contributed by atoms with Gasteiger partial charge in [-0.1, -0.05) is 36.4 Å². The van der Waals surface area contributed by atoms with Crippen molar-refractivity contribution >= 4 is 22.9 Å². The third-order valence-electron chi connectivity index (χ3n) is 4.24. The number of hydrogen-bond acceptors (Lipinski definition) is 4. The average molecular weight is 371 g/mol. The molecule has 0 bridgehead atoms. The highest BCUT2D eigenvalue weighted by molar-refractivity contribution is 7.13. The van der Waals surface area contributed by atoms with E-state index in [1.165, 1.54) is 5.56 Å². The number of aromatic nitrogens is 2. The molecule has 0 atom stereocenters. The van der Waals surface area contributed by atoms with E-state index in [4.69, 9.17) is 4.98 Å². The van der Waals surface area contributed by atoms with Crippen molar-refractivity contribution in [3.63, 3.8) is 0 Å². The number of carbonyl (C=O) groups excluding carboxylic acids is 1. The maximum Gasteiger partial charge on any atom is 0.257 e. The maximum atomic E-state index is 12.2. The summed E-state index contributed by atoms with van der Waals surface area (Å²) in [5, 5.41) is 5.95. The standard InChI is InChI=1S/C22H17N3OS/c1-15-5-2-3-7-19(15)22-25-20(14-27-22)16-8-10-18(11-9-16)24-21(26)17-6-4-12-23-13-17/h2-14H,1H3,(H,24,26). The van der Waals surface area contributed by atoms with Crippen LogP contribution in [0.15, 0.2) is 78.4 Å². The largest absolute Gasteiger partial charge is 0.322 e. The second-order valence-corrected chi connectivity index (χ2v) is 6.98. The highest BCUT2D eigenvalue weighted by atomic mass is 32.1. The third kappa shape index (κ3) is 3.78. The number of anilines is 1. The van der Waals surface area contributed by atoms with Gasteiger partial charge in [0.05, 0.1) is 11.3 Å². The van der Waals surface area contributed by atoms with E-state index in [0.717, 1.165) is 27.5 Å². The van der Waals surface area contributed by atoms with E-state index in [2.05, 4.69) is 34.7 Å². The fraction of sp³-hybridized carbons (Fsp3) is 0.0455. The Labute approximate surface area is 161 Å². The molecule has 4 aromatic rings. The molecule has 1 amide bonds. The number of hydrogen-bond donors (Lipinski definition) is 1. The number of pyridine rings is 1. The van der Waals surface area contributed by atoms with E-state index in [0.29, 0.717) is 5.56 Å². The number of rotatable bonds is 4. The van der Waals surface area contributed by atoms with Crippen LogP contribution in [0.3, 0.4) is 0 Å².